The number of hydrogen-bond acceptors (Lipinski definition) is 4. The molecule has 0 saturated heterocycles. The van der Waals surface area contributed by atoms with Crippen LogP contribution in [0.5, 0.6) is 0 Å². The Bertz CT molecular complexity index is 1070. The van der Waals surface area contributed by atoms with Gasteiger partial charge in [-0.25, -0.2) is 23.1 Å². The lowest BCUT2D eigenvalue weighted by molar-refractivity contribution is 0.556. The molecule has 26 heavy (non-hydrogen) atoms. The fourth-order valence-corrected chi connectivity index (χ4v) is 4.39. The highest BCUT2D eigenvalue weighted by molar-refractivity contribution is 7.89. The molecule has 2 aromatic heterocycles. The summed E-state index contributed by atoms with van der Waals surface area (Å²) in [5.41, 5.74) is 4.29. The van der Waals surface area contributed by atoms with Crippen LogP contribution in [0.2, 0.25) is 0 Å². The summed E-state index contributed by atoms with van der Waals surface area (Å²) in [4.78, 5) is 9.25. The van der Waals surface area contributed by atoms with Crippen LogP contribution in [0.4, 0.5) is 0 Å². The Labute approximate surface area is 154 Å². The van der Waals surface area contributed by atoms with Crippen LogP contribution in [0.1, 0.15) is 42.4 Å². The summed E-state index contributed by atoms with van der Waals surface area (Å²) < 4.78 is 30.3. The summed E-state index contributed by atoms with van der Waals surface area (Å²) in [7, 11) is -3.63. The van der Waals surface area contributed by atoms with Gasteiger partial charge < -0.3 is 4.57 Å². The van der Waals surface area contributed by atoms with Crippen LogP contribution in [0.15, 0.2) is 35.4 Å². The lowest BCUT2D eigenvalue weighted by Crippen LogP contribution is -2.26. The van der Waals surface area contributed by atoms with Gasteiger partial charge in [-0.05, 0) is 69.5 Å². The van der Waals surface area contributed by atoms with Gasteiger partial charge in [0.15, 0.2) is 5.65 Å². The molecule has 0 atom stereocenters. The molecule has 0 saturated carbocycles. The molecule has 0 spiro atoms. The first-order valence-corrected chi connectivity index (χ1v) is 10.1. The molecule has 0 fully saturated rings. The van der Waals surface area contributed by atoms with Crippen molar-refractivity contribution in [3.63, 3.8) is 0 Å². The van der Waals surface area contributed by atoms with E-state index in [1.807, 2.05) is 57.4 Å². The first-order chi connectivity index (χ1) is 12.2. The molecule has 0 unspecified atom stereocenters. The molecule has 0 aliphatic carbocycles. The average molecular weight is 372 g/mol. The number of aryl methyl sites for hydroxylation is 3. The zero-order valence-corrected chi connectivity index (χ0v) is 16.6. The number of sulfonamides is 1. The number of rotatable bonds is 5. The zero-order chi connectivity index (χ0) is 19.1. The molecule has 0 amide bonds. The molecule has 0 aliphatic rings. The Hall–Kier alpha value is -2.25. The molecule has 1 N–H and O–H groups in total. The molecule has 3 rings (SSSR count). The number of nitrogens with one attached hydrogen (secondary N) is 1. The van der Waals surface area contributed by atoms with Crippen molar-refractivity contribution >= 4 is 21.2 Å². The standard InChI is InChI=1S/C19H24N4O2S/c1-12(2)23-18(22-16-7-6-8-20-19(16)23)11-21-26(24,25)17-10-14(4)13(3)9-15(17)5/h6-10,12,21H,11H2,1-5H3. The highest BCUT2D eigenvalue weighted by Crippen LogP contribution is 2.22. The predicted octanol–water partition coefficient (Wildman–Crippen LogP) is 3.42. The van der Waals surface area contributed by atoms with Gasteiger partial charge in [0.1, 0.15) is 11.3 Å². The molecule has 2 heterocycles. The topological polar surface area (TPSA) is 76.9 Å². The van der Waals surface area contributed by atoms with Crippen LogP contribution in [-0.4, -0.2) is 23.0 Å². The van der Waals surface area contributed by atoms with Crippen LogP contribution in [0.25, 0.3) is 11.2 Å². The van der Waals surface area contributed by atoms with E-state index in [1.54, 1.807) is 12.3 Å². The van der Waals surface area contributed by atoms with Gasteiger partial charge in [0.2, 0.25) is 10.0 Å². The Balaban J connectivity index is 1.95. The number of hydrogen-bond donors (Lipinski definition) is 1. The van der Waals surface area contributed by atoms with E-state index < -0.39 is 10.0 Å². The Morgan fingerprint density at radius 2 is 1.81 bits per heavy atom. The van der Waals surface area contributed by atoms with Crippen LogP contribution < -0.4 is 4.72 Å². The second-order valence-electron chi connectivity index (χ2n) is 6.86. The molecule has 6 nitrogen and oxygen atoms in total. The Morgan fingerprint density at radius 1 is 1.12 bits per heavy atom. The molecule has 3 aromatic rings. The fraction of sp³-hybridized carbons (Fsp3) is 0.368. The molecular weight excluding hydrogens is 348 g/mol. The van der Waals surface area contributed by atoms with Crippen molar-refractivity contribution in [2.75, 3.05) is 0 Å². The maximum Gasteiger partial charge on any atom is 0.241 e. The predicted molar refractivity (Wildman–Crippen MR) is 103 cm³/mol. The Morgan fingerprint density at radius 3 is 2.50 bits per heavy atom. The molecule has 138 valence electrons. The minimum absolute atomic E-state index is 0.114. The van der Waals surface area contributed by atoms with Crippen molar-refractivity contribution in [2.24, 2.45) is 0 Å². The molecule has 0 radical (unpaired) electrons. The number of aromatic nitrogens is 3. The Kier molecular flexibility index (Phi) is 4.86. The highest BCUT2D eigenvalue weighted by Gasteiger charge is 2.20. The third-order valence-corrected chi connectivity index (χ3v) is 6.08. The van der Waals surface area contributed by atoms with Crippen LogP contribution in [0.3, 0.4) is 0 Å². The second-order valence-corrected chi connectivity index (χ2v) is 8.60. The number of benzene rings is 1. The number of pyridine rings is 1. The van der Waals surface area contributed by atoms with E-state index in [0.717, 1.165) is 27.9 Å². The molecule has 0 bridgehead atoms. The van der Waals surface area contributed by atoms with E-state index in [0.29, 0.717) is 10.7 Å². The van der Waals surface area contributed by atoms with Crippen LogP contribution >= 0.6 is 0 Å². The van der Waals surface area contributed by atoms with E-state index in [2.05, 4.69) is 14.7 Å². The third kappa shape index (κ3) is 3.37. The zero-order valence-electron chi connectivity index (χ0n) is 15.7. The maximum atomic E-state index is 12.8. The second kappa shape index (κ2) is 6.81. The van der Waals surface area contributed by atoms with Crippen LogP contribution in [-0.2, 0) is 16.6 Å². The average Bonchev–Trinajstić information content (AvgIpc) is 2.95. The summed E-state index contributed by atoms with van der Waals surface area (Å²) in [5, 5.41) is 0. The number of fused-ring (bicyclic) bond motifs is 1. The number of imidazole rings is 1. The van der Waals surface area contributed by atoms with E-state index in [-0.39, 0.29) is 12.6 Å². The minimum atomic E-state index is -3.63. The van der Waals surface area contributed by atoms with Crippen molar-refractivity contribution < 1.29 is 8.42 Å². The van der Waals surface area contributed by atoms with Gasteiger partial charge in [-0.2, -0.15) is 0 Å². The van der Waals surface area contributed by atoms with Crippen molar-refractivity contribution in [3.05, 3.63) is 53.0 Å². The van der Waals surface area contributed by atoms with Gasteiger partial charge in [0, 0.05) is 12.2 Å². The van der Waals surface area contributed by atoms with Gasteiger partial charge in [-0.3, -0.25) is 0 Å². The van der Waals surface area contributed by atoms with E-state index in [1.165, 1.54) is 0 Å². The normalized spacial score (nSPS) is 12.2. The molecule has 7 heteroatoms. The third-order valence-electron chi connectivity index (χ3n) is 4.54. The van der Waals surface area contributed by atoms with Gasteiger partial charge in [-0.1, -0.05) is 6.07 Å². The maximum absolute atomic E-state index is 12.8. The minimum Gasteiger partial charge on any atom is -0.309 e. The summed E-state index contributed by atoms with van der Waals surface area (Å²) in [6.07, 6.45) is 1.72. The highest BCUT2D eigenvalue weighted by atomic mass is 32.2. The van der Waals surface area contributed by atoms with Gasteiger partial charge >= 0.3 is 0 Å². The van der Waals surface area contributed by atoms with Gasteiger partial charge in [0.05, 0.1) is 11.4 Å². The lowest BCUT2D eigenvalue weighted by atomic mass is 10.1. The van der Waals surface area contributed by atoms with Gasteiger partial charge in [-0.15, -0.1) is 0 Å². The summed E-state index contributed by atoms with van der Waals surface area (Å²) >= 11 is 0. The molecular formula is C19H24N4O2S. The van der Waals surface area contributed by atoms with Crippen LogP contribution in [0, 0.1) is 20.8 Å². The largest absolute Gasteiger partial charge is 0.309 e. The van der Waals surface area contributed by atoms with Crippen molar-refractivity contribution in [3.8, 4) is 0 Å². The summed E-state index contributed by atoms with van der Waals surface area (Å²) in [6, 6.07) is 7.45. The smallest absolute Gasteiger partial charge is 0.241 e. The SMILES string of the molecule is Cc1cc(C)c(S(=O)(=O)NCc2nc3cccnc3n2C(C)C)cc1C. The molecule has 1 aromatic carbocycles. The van der Waals surface area contributed by atoms with Crippen molar-refractivity contribution in [1.82, 2.24) is 19.3 Å². The monoisotopic (exact) mass is 372 g/mol. The summed E-state index contributed by atoms with van der Waals surface area (Å²) in [5.74, 6) is 0.652. The summed E-state index contributed by atoms with van der Waals surface area (Å²) in [6.45, 7) is 9.88. The number of nitrogens with zero attached hydrogens (tertiary/aromatic N) is 3. The fourth-order valence-electron chi connectivity index (χ4n) is 3.10. The quantitative estimate of drug-likeness (QED) is 0.744. The first kappa shape index (κ1) is 18.5. The van der Waals surface area contributed by atoms with E-state index in [9.17, 15) is 8.42 Å². The van der Waals surface area contributed by atoms with Crippen molar-refractivity contribution in [2.45, 2.75) is 52.1 Å². The van der Waals surface area contributed by atoms with E-state index in [4.69, 9.17) is 0 Å². The first-order valence-electron chi connectivity index (χ1n) is 8.60. The van der Waals surface area contributed by atoms with Crippen molar-refractivity contribution in [1.29, 1.82) is 0 Å². The van der Waals surface area contributed by atoms with E-state index >= 15 is 0 Å². The lowest BCUT2D eigenvalue weighted by Gasteiger charge is -2.14. The van der Waals surface area contributed by atoms with Gasteiger partial charge in [0.25, 0.3) is 0 Å². The molecule has 0 aliphatic heterocycles.